The van der Waals surface area contributed by atoms with Gasteiger partial charge >= 0.3 is 12.1 Å². The van der Waals surface area contributed by atoms with Gasteiger partial charge in [-0.1, -0.05) is 52.0 Å². The van der Waals surface area contributed by atoms with Crippen LogP contribution in [0.25, 0.3) is 0 Å². The fourth-order valence-electron chi connectivity index (χ4n) is 6.23. The average molecular weight is 607 g/mol. The van der Waals surface area contributed by atoms with Gasteiger partial charge in [-0.05, 0) is 67.3 Å². The van der Waals surface area contributed by atoms with E-state index in [-0.39, 0.29) is 30.5 Å². The lowest BCUT2D eigenvalue weighted by molar-refractivity contribution is -0.147. The number of hydrogen-bond acceptors (Lipinski definition) is 8. The number of benzene rings is 2. The number of ether oxygens (including phenoxy) is 5. The van der Waals surface area contributed by atoms with Gasteiger partial charge in [0.2, 0.25) is 0 Å². The highest BCUT2D eigenvalue weighted by Gasteiger charge is 2.53. The highest BCUT2D eigenvalue weighted by atomic mass is 16.6. The Kier molecular flexibility index (Phi) is 9.73. The van der Waals surface area contributed by atoms with Gasteiger partial charge in [0.05, 0.1) is 25.7 Å². The van der Waals surface area contributed by atoms with Crippen LogP contribution < -0.4 is 19.5 Å². The van der Waals surface area contributed by atoms with Crippen molar-refractivity contribution in [2.45, 2.75) is 77.2 Å². The summed E-state index contributed by atoms with van der Waals surface area (Å²) in [5.74, 6) is 2.35. The Morgan fingerprint density at radius 3 is 2.52 bits per heavy atom. The molecule has 0 saturated carbocycles. The molecule has 2 heterocycles. The summed E-state index contributed by atoms with van der Waals surface area (Å²) in [4.78, 5) is 28.6. The van der Waals surface area contributed by atoms with E-state index in [0.717, 1.165) is 36.6 Å². The molecule has 5 rings (SSSR count). The number of nitrogens with zero attached hydrogens (tertiary/aromatic N) is 1. The predicted octanol–water partition coefficient (Wildman–Crippen LogP) is 5.43. The number of hydrogen-bond donors (Lipinski definition) is 1. The van der Waals surface area contributed by atoms with Crippen LogP contribution in [-0.2, 0) is 32.6 Å². The van der Waals surface area contributed by atoms with Crippen LogP contribution in [-0.4, -0.2) is 69.1 Å². The molecule has 2 aromatic carbocycles. The Hall–Kier alpha value is -3.72. The summed E-state index contributed by atoms with van der Waals surface area (Å²) in [6.07, 6.45) is 4.37. The molecule has 0 fully saturated rings. The Balaban J connectivity index is 1.28. The Morgan fingerprint density at radius 1 is 1.07 bits per heavy atom. The molecule has 44 heavy (non-hydrogen) atoms. The number of carbonyl (C=O) groups excluding carboxylic acids is 2. The number of amides is 1. The van der Waals surface area contributed by atoms with Gasteiger partial charge in [-0.2, -0.15) is 0 Å². The van der Waals surface area contributed by atoms with Crippen LogP contribution in [0.3, 0.4) is 0 Å². The van der Waals surface area contributed by atoms with Crippen molar-refractivity contribution in [1.29, 1.82) is 0 Å². The molecule has 2 aromatic rings. The normalized spacial score (nSPS) is 22.8. The molecule has 9 nitrogen and oxygen atoms in total. The largest absolute Gasteiger partial charge is 0.493 e. The molecule has 4 unspecified atom stereocenters. The average Bonchev–Trinajstić information content (AvgIpc) is 3.25. The summed E-state index contributed by atoms with van der Waals surface area (Å²) in [6, 6.07) is 10.7. The third kappa shape index (κ3) is 6.98. The molecule has 1 N–H and O–H groups in total. The molecular weight excluding hydrogens is 560 g/mol. The molecule has 0 radical (unpaired) electrons. The maximum atomic E-state index is 13.2. The number of methoxy groups -OCH3 is 1. The van der Waals surface area contributed by atoms with Gasteiger partial charge in [0.25, 0.3) is 0 Å². The molecule has 2 aliphatic heterocycles. The van der Waals surface area contributed by atoms with Crippen LogP contribution in [0, 0.1) is 11.8 Å². The van der Waals surface area contributed by atoms with Gasteiger partial charge in [0.15, 0.2) is 11.5 Å². The van der Waals surface area contributed by atoms with E-state index in [9.17, 15) is 9.59 Å². The molecule has 9 heteroatoms. The van der Waals surface area contributed by atoms with Crippen LogP contribution in [0.1, 0.15) is 57.2 Å². The summed E-state index contributed by atoms with van der Waals surface area (Å²) in [6.45, 7) is 10.8. The molecule has 238 valence electrons. The Labute approximate surface area is 260 Å². The van der Waals surface area contributed by atoms with Gasteiger partial charge in [-0.25, -0.2) is 9.59 Å². The maximum Gasteiger partial charge on any atom is 0.408 e. The first-order valence-corrected chi connectivity index (χ1v) is 15.7. The smallest absolute Gasteiger partial charge is 0.408 e. The topological polar surface area (TPSA) is 95.6 Å². The zero-order valence-corrected chi connectivity index (χ0v) is 26.8. The van der Waals surface area contributed by atoms with Gasteiger partial charge in [-0.15, -0.1) is 0 Å². The fourth-order valence-corrected chi connectivity index (χ4v) is 6.23. The fraction of sp³-hybridized carbons (Fsp3) is 0.543. The number of nitrogens with one attached hydrogen (secondary N) is 1. The van der Waals surface area contributed by atoms with E-state index in [0.29, 0.717) is 24.7 Å². The molecule has 1 amide bonds. The molecule has 1 aliphatic carbocycles. The minimum Gasteiger partial charge on any atom is -0.493 e. The van der Waals surface area contributed by atoms with E-state index in [1.807, 2.05) is 50.3 Å². The van der Waals surface area contributed by atoms with Crippen molar-refractivity contribution in [2.24, 2.45) is 11.8 Å². The van der Waals surface area contributed by atoms with Gasteiger partial charge < -0.3 is 33.9 Å². The first-order chi connectivity index (χ1) is 21.1. The van der Waals surface area contributed by atoms with Crippen LogP contribution >= 0.6 is 0 Å². The highest BCUT2D eigenvalue weighted by Crippen LogP contribution is 2.55. The van der Waals surface area contributed by atoms with Crippen LogP contribution in [0.15, 0.2) is 48.6 Å². The van der Waals surface area contributed by atoms with Crippen molar-refractivity contribution in [1.82, 2.24) is 10.2 Å². The summed E-state index contributed by atoms with van der Waals surface area (Å²) in [5.41, 5.74) is 2.97. The van der Waals surface area contributed by atoms with Crippen molar-refractivity contribution >= 4 is 12.1 Å². The predicted molar refractivity (Wildman–Crippen MR) is 167 cm³/mol. The van der Waals surface area contributed by atoms with Crippen molar-refractivity contribution in [2.75, 3.05) is 33.9 Å². The first kappa shape index (κ1) is 31.7. The van der Waals surface area contributed by atoms with Crippen LogP contribution in [0.2, 0.25) is 0 Å². The minimum absolute atomic E-state index is 0.169. The molecule has 0 aromatic heterocycles. The van der Waals surface area contributed by atoms with E-state index < -0.39 is 24.2 Å². The van der Waals surface area contributed by atoms with E-state index in [1.165, 1.54) is 11.1 Å². The van der Waals surface area contributed by atoms with Gasteiger partial charge in [0.1, 0.15) is 24.0 Å². The van der Waals surface area contributed by atoms with E-state index in [4.69, 9.17) is 23.7 Å². The Bertz CT molecular complexity index is 1360. The third-order valence-corrected chi connectivity index (χ3v) is 8.47. The number of esters is 1. The summed E-state index contributed by atoms with van der Waals surface area (Å²) < 4.78 is 29.4. The summed E-state index contributed by atoms with van der Waals surface area (Å²) >= 11 is 0. The second-order valence-corrected chi connectivity index (χ2v) is 13.1. The highest BCUT2D eigenvalue weighted by molar-refractivity contribution is 5.81. The first-order valence-electron chi connectivity index (χ1n) is 15.7. The second kappa shape index (κ2) is 13.5. The van der Waals surface area contributed by atoms with Crippen molar-refractivity contribution in [3.63, 3.8) is 0 Å². The SMILES string of the molecule is COc1ccc2c3c1OC1CC(OC(=O)NC(Cc4ccc(OCC(C)C)cc4)C(=O)OCC(C)C)C=CC31CCN(C)C2. The lowest BCUT2D eigenvalue weighted by atomic mass is 9.69. The third-order valence-electron chi connectivity index (χ3n) is 8.47. The summed E-state index contributed by atoms with van der Waals surface area (Å²) in [7, 11) is 3.79. The summed E-state index contributed by atoms with van der Waals surface area (Å²) in [5, 5.41) is 2.78. The van der Waals surface area contributed by atoms with E-state index in [2.05, 4.69) is 43.3 Å². The van der Waals surface area contributed by atoms with E-state index in [1.54, 1.807) is 7.11 Å². The second-order valence-electron chi connectivity index (χ2n) is 13.1. The molecule has 4 atom stereocenters. The lowest BCUT2D eigenvalue weighted by Crippen LogP contribution is -2.47. The van der Waals surface area contributed by atoms with Crippen LogP contribution in [0.5, 0.6) is 17.2 Å². The maximum absolute atomic E-state index is 13.2. The lowest BCUT2D eigenvalue weighted by Gasteiger charge is -2.36. The molecule has 1 spiro atoms. The number of alkyl carbamates (subject to hydrolysis) is 1. The van der Waals surface area contributed by atoms with Crippen molar-refractivity contribution in [3.8, 4) is 17.2 Å². The van der Waals surface area contributed by atoms with Gasteiger partial charge in [0, 0.05) is 24.9 Å². The zero-order chi connectivity index (χ0) is 31.4. The molecule has 3 aliphatic rings. The van der Waals surface area contributed by atoms with Crippen molar-refractivity contribution < 1.29 is 33.3 Å². The van der Waals surface area contributed by atoms with E-state index >= 15 is 0 Å². The van der Waals surface area contributed by atoms with Crippen molar-refractivity contribution in [3.05, 3.63) is 65.2 Å². The monoisotopic (exact) mass is 606 g/mol. The molecule has 0 saturated heterocycles. The number of rotatable bonds is 11. The zero-order valence-electron chi connectivity index (χ0n) is 26.8. The molecule has 0 bridgehead atoms. The quantitative estimate of drug-likeness (QED) is 0.267. The van der Waals surface area contributed by atoms with Gasteiger partial charge in [-0.3, -0.25) is 0 Å². The Morgan fingerprint density at radius 2 is 1.82 bits per heavy atom. The standard InChI is InChI=1S/C35H46N2O7/c1-22(2)20-41-26-10-7-24(8-11-26)17-28(33(38)42-21-23(3)4)36-34(39)43-27-13-14-35-15-16-37(5)19-25-9-12-29(40-6)32(31(25)35)44-30(35)18-27/h7-14,22-23,27-28,30H,15-21H2,1-6H3,(H,36,39). The van der Waals surface area contributed by atoms with Crippen LogP contribution in [0.4, 0.5) is 4.79 Å². The number of carbonyl (C=O) groups is 2. The molecular formula is C35H46N2O7. The minimum atomic E-state index is -0.904.